The second-order valence-corrected chi connectivity index (χ2v) is 7.36. The average molecular weight is 279 g/mol. The molecule has 3 unspecified atom stereocenters. The topological polar surface area (TPSA) is 28.2 Å². The highest BCUT2D eigenvalue weighted by Gasteiger charge is 2.38. The van der Waals surface area contributed by atoms with Crippen LogP contribution in [-0.4, -0.2) is 35.1 Å². The van der Waals surface area contributed by atoms with Crippen molar-refractivity contribution in [2.45, 2.75) is 58.2 Å². The molecule has 106 valence electrons. The van der Waals surface area contributed by atoms with Gasteiger partial charge in [-0.1, -0.05) is 6.92 Å². The van der Waals surface area contributed by atoms with Crippen LogP contribution in [0.3, 0.4) is 0 Å². The van der Waals surface area contributed by atoms with E-state index >= 15 is 0 Å². The monoisotopic (exact) mass is 279 g/mol. The van der Waals surface area contributed by atoms with Gasteiger partial charge in [0.1, 0.15) is 5.01 Å². The van der Waals surface area contributed by atoms with E-state index in [9.17, 15) is 0 Å². The van der Waals surface area contributed by atoms with Crippen LogP contribution in [0.2, 0.25) is 0 Å². The minimum Gasteiger partial charge on any atom is -0.311 e. The molecule has 3 nitrogen and oxygen atoms in total. The molecule has 2 fully saturated rings. The smallest absolute Gasteiger partial charge is 0.110 e. The molecule has 1 N–H and O–H groups in total. The molecule has 19 heavy (non-hydrogen) atoms. The van der Waals surface area contributed by atoms with Crippen LogP contribution >= 0.6 is 11.3 Å². The summed E-state index contributed by atoms with van der Waals surface area (Å²) >= 11 is 1.85. The maximum absolute atomic E-state index is 4.60. The summed E-state index contributed by atoms with van der Waals surface area (Å²) < 4.78 is 0. The molecule has 0 aromatic carbocycles. The summed E-state index contributed by atoms with van der Waals surface area (Å²) in [5.74, 6) is 0.936. The van der Waals surface area contributed by atoms with Crippen molar-refractivity contribution in [3.05, 3.63) is 16.1 Å². The van der Waals surface area contributed by atoms with E-state index in [4.69, 9.17) is 0 Å². The van der Waals surface area contributed by atoms with Crippen LogP contribution in [0.4, 0.5) is 0 Å². The Kier molecular flexibility index (Phi) is 3.92. The predicted octanol–water partition coefficient (Wildman–Crippen LogP) is 2.97. The van der Waals surface area contributed by atoms with E-state index in [0.717, 1.165) is 12.5 Å². The molecular formula is C15H25N3S. The fraction of sp³-hybridized carbons (Fsp3) is 0.800. The van der Waals surface area contributed by atoms with Gasteiger partial charge in [-0.05, 0) is 39.0 Å². The zero-order chi connectivity index (χ0) is 13.4. The summed E-state index contributed by atoms with van der Waals surface area (Å²) in [6.07, 6.45) is 6.08. The van der Waals surface area contributed by atoms with Gasteiger partial charge in [0.05, 0.1) is 6.04 Å². The Balaban J connectivity index is 1.74. The maximum atomic E-state index is 4.60. The van der Waals surface area contributed by atoms with Gasteiger partial charge in [-0.25, -0.2) is 4.98 Å². The first-order valence-electron chi connectivity index (χ1n) is 7.60. The molecule has 0 spiro atoms. The quantitative estimate of drug-likeness (QED) is 0.918. The number of piperazine rings is 1. The van der Waals surface area contributed by atoms with Crippen molar-refractivity contribution in [3.63, 3.8) is 0 Å². The van der Waals surface area contributed by atoms with Gasteiger partial charge >= 0.3 is 0 Å². The van der Waals surface area contributed by atoms with E-state index in [2.05, 4.69) is 36.0 Å². The van der Waals surface area contributed by atoms with Gasteiger partial charge in [0.15, 0.2) is 0 Å². The van der Waals surface area contributed by atoms with Crippen molar-refractivity contribution < 1.29 is 0 Å². The molecule has 1 aromatic heterocycles. The van der Waals surface area contributed by atoms with Gasteiger partial charge in [-0.15, -0.1) is 11.3 Å². The van der Waals surface area contributed by atoms with E-state index in [1.54, 1.807) is 0 Å². The molecule has 0 amide bonds. The zero-order valence-electron chi connectivity index (χ0n) is 12.2. The molecule has 1 saturated heterocycles. The number of aromatic nitrogens is 1. The van der Waals surface area contributed by atoms with Gasteiger partial charge in [0, 0.05) is 36.2 Å². The fourth-order valence-electron chi connectivity index (χ4n) is 3.22. The van der Waals surface area contributed by atoms with Crippen LogP contribution in [-0.2, 0) is 0 Å². The summed E-state index contributed by atoms with van der Waals surface area (Å²) in [5.41, 5.74) is 0. The van der Waals surface area contributed by atoms with Crippen molar-refractivity contribution >= 4 is 11.3 Å². The lowest BCUT2D eigenvalue weighted by atomic mass is 10.0. The molecule has 1 aliphatic heterocycles. The van der Waals surface area contributed by atoms with Gasteiger partial charge < -0.3 is 5.32 Å². The van der Waals surface area contributed by atoms with Crippen LogP contribution in [0.25, 0.3) is 0 Å². The third kappa shape index (κ3) is 2.86. The predicted molar refractivity (Wildman–Crippen MR) is 80.6 cm³/mol. The third-order valence-corrected chi connectivity index (χ3v) is 5.73. The number of nitrogens with one attached hydrogen (secondary N) is 1. The lowest BCUT2D eigenvalue weighted by molar-refractivity contribution is 0.0802. The Morgan fingerprint density at radius 2 is 2.32 bits per heavy atom. The lowest BCUT2D eigenvalue weighted by Crippen LogP contribution is -2.57. The molecule has 1 aromatic rings. The van der Waals surface area contributed by atoms with Crippen molar-refractivity contribution in [3.8, 4) is 0 Å². The Hall–Kier alpha value is -0.450. The van der Waals surface area contributed by atoms with E-state index < -0.39 is 0 Å². The number of hydrogen-bond acceptors (Lipinski definition) is 4. The van der Waals surface area contributed by atoms with E-state index in [1.165, 1.54) is 35.7 Å². The number of nitrogens with zero attached hydrogens (tertiary/aromatic N) is 2. The fourth-order valence-corrected chi connectivity index (χ4v) is 4.07. The Morgan fingerprint density at radius 3 is 2.89 bits per heavy atom. The van der Waals surface area contributed by atoms with Crippen molar-refractivity contribution in [2.24, 2.45) is 5.92 Å². The Morgan fingerprint density at radius 1 is 1.53 bits per heavy atom. The summed E-state index contributed by atoms with van der Waals surface area (Å²) in [6.45, 7) is 9.12. The Bertz CT molecular complexity index is 427. The normalized spacial score (nSPS) is 30.5. The first kappa shape index (κ1) is 13.5. The maximum Gasteiger partial charge on any atom is 0.110 e. The number of rotatable bonds is 4. The van der Waals surface area contributed by atoms with Gasteiger partial charge in [0.25, 0.3) is 0 Å². The summed E-state index contributed by atoms with van der Waals surface area (Å²) in [4.78, 5) is 8.62. The molecular weight excluding hydrogens is 254 g/mol. The molecule has 0 radical (unpaired) electrons. The highest BCUT2D eigenvalue weighted by Crippen LogP contribution is 2.36. The van der Waals surface area contributed by atoms with Gasteiger partial charge in [-0.3, -0.25) is 4.90 Å². The summed E-state index contributed by atoms with van der Waals surface area (Å²) in [6, 6.07) is 1.84. The molecule has 2 heterocycles. The molecule has 3 atom stereocenters. The molecule has 1 saturated carbocycles. The summed E-state index contributed by atoms with van der Waals surface area (Å²) in [5, 5.41) is 5.05. The van der Waals surface area contributed by atoms with Crippen LogP contribution in [0.15, 0.2) is 6.20 Å². The number of thiazole rings is 1. The van der Waals surface area contributed by atoms with E-state index in [1.807, 2.05) is 17.5 Å². The minimum atomic E-state index is 0.465. The minimum absolute atomic E-state index is 0.465. The molecule has 1 aliphatic carbocycles. The van der Waals surface area contributed by atoms with Crippen molar-refractivity contribution in [2.75, 3.05) is 13.1 Å². The van der Waals surface area contributed by atoms with E-state index in [0.29, 0.717) is 18.1 Å². The molecule has 3 rings (SSSR count). The zero-order valence-corrected chi connectivity index (χ0v) is 13.0. The highest BCUT2D eigenvalue weighted by atomic mass is 32.1. The molecule has 0 bridgehead atoms. The second-order valence-electron chi connectivity index (χ2n) is 6.10. The van der Waals surface area contributed by atoms with Gasteiger partial charge in [0.2, 0.25) is 0 Å². The summed E-state index contributed by atoms with van der Waals surface area (Å²) in [7, 11) is 0. The average Bonchev–Trinajstić information content (AvgIpc) is 3.19. The van der Waals surface area contributed by atoms with Crippen LogP contribution in [0.1, 0.15) is 49.0 Å². The molecule has 2 aliphatic rings. The van der Waals surface area contributed by atoms with Crippen LogP contribution < -0.4 is 5.32 Å². The van der Waals surface area contributed by atoms with Crippen LogP contribution in [0, 0.1) is 12.8 Å². The van der Waals surface area contributed by atoms with Crippen LogP contribution in [0.5, 0.6) is 0 Å². The first-order chi connectivity index (χ1) is 9.19. The number of aryl methyl sites for hydroxylation is 1. The lowest BCUT2D eigenvalue weighted by Gasteiger charge is -2.43. The second kappa shape index (κ2) is 5.51. The van der Waals surface area contributed by atoms with Crippen molar-refractivity contribution in [1.29, 1.82) is 0 Å². The SMILES string of the molecule is CCC1CNC(C2CC2)CN1C(C)c1ncc(C)s1. The number of hydrogen-bond donors (Lipinski definition) is 1. The Labute approximate surface area is 120 Å². The third-order valence-electron chi connectivity index (χ3n) is 4.65. The molecule has 4 heteroatoms. The standard InChI is InChI=1S/C15H25N3S/c1-4-13-8-16-14(12-5-6-12)9-18(13)11(3)15-17-7-10(2)19-15/h7,11-14,16H,4-6,8-9H2,1-3H3. The first-order valence-corrected chi connectivity index (χ1v) is 8.42. The largest absolute Gasteiger partial charge is 0.311 e. The van der Waals surface area contributed by atoms with Crippen molar-refractivity contribution in [1.82, 2.24) is 15.2 Å². The van der Waals surface area contributed by atoms with E-state index in [-0.39, 0.29) is 0 Å². The van der Waals surface area contributed by atoms with Gasteiger partial charge in [-0.2, -0.15) is 0 Å². The highest BCUT2D eigenvalue weighted by molar-refractivity contribution is 7.11.